The standard InChI is InChI=1S/C24H17F2N3O5S/c1-13-4-5-15(10-18(13)27-22(31)20-3-2-8-33-20)23(32)34-11-21(30)29-24-28-19(12-35-24)14-6-7-16(25)17(26)9-14/h2-10,12H,11H2,1H3,(H,27,31)(H,28,29,30). The van der Waals surface area contributed by atoms with Gasteiger partial charge in [-0.3, -0.25) is 14.9 Å². The summed E-state index contributed by atoms with van der Waals surface area (Å²) in [6.07, 6.45) is 1.37. The maximum absolute atomic E-state index is 13.4. The first kappa shape index (κ1) is 23.8. The number of hydrogen-bond acceptors (Lipinski definition) is 7. The number of nitrogens with one attached hydrogen (secondary N) is 2. The van der Waals surface area contributed by atoms with Gasteiger partial charge in [0.2, 0.25) is 0 Å². The Morgan fingerprint density at radius 2 is 1.89 bits per heavy atom. The molecule has 35 heavy (non-hydrogen) atoms. The molecule has 0 saturated carbocycles. The lowest BCUT2D eigenvalue weighted by atomic mass is 10.1. The largest absolute Gasteiger partial charge is 0.459 e. The van der Waals surface area contributed by atoms with Gasteiger partial charge in [0, 0.05) is 16.6 Å². The molecule has 2 amide bonds. The summed E-state index contributed by atoms with van der Waals surface area (Å²) in [6, 6.07) is 11.0. The number of thiazole rings is 1. The van der Waals surface area contributed by atoms with Crippen LogP contribution in [0.1, 0.15) is 26.5 Å². The van der Waals surface area contributed by atoms with E-state index in [-0.39, 0.29) is 16.5 Å². The number of esters is 1. The smallest absolute Gasteiger partial charge is 0.338 e. The maximum atomic E-state index is 13.4. The summed E-state index contributed by atoms with van der Waals surface area (Å²) in [5.41, 5.74) is 1.93. The van der Waals surface area contributed by atoms with Gasteiger partial charge in [0.25, 0.3) is 11.8 Å². The van der Waals surface area contributed by atoms with Crippen LogP contribution in [0.4, 0.5) is 19.6 Å². The van der Waals surface area contributed by atoms with E-state index < -0.39 is 36.0 Å². The van der Waals surface area contributed by atoms with Crippen LogP contribution in [0, 0.1) is 18.6 Å². The summed E-state index contributed by atoms with van der Waals surface area (Å²) < 4.78 is 36.6. The van der Waals surface area contributed by atoms with Crippen LogP contribution in [0.2, 0.25) is 0 Å². The van der Waals surface area contributed by atoms with Crippen molar-refractivity contribution < 1.29 is 32.3 Å². The normalized spacial score (nSPS) is 10.6. The summed E-state index contributed by atoms with van der Waals surface area (Å²) >= 11 is 1.07. The van der Waals surface area contributed by atoms with E-state index in [9.17, 15) is 23.2 Å². The summed E-state index contributed by atoms with van der Waals surface area (Å²) in [4.78, 5) is 41.0. The molecule has 0 atom stereocenters. The fourth-order valence-corrected chi connectivity index (χ4v) is 3.70. The topological polar surface area (TPSA) is 111 Å². The molecule has 0 aliphatic heterocycles. The number of rotatable bonds is 7. The van der Waals surface area contributed by atoms with E-state index in [1.807, 2.05) is 0 Å². The molecule has 2 heterocycles. The Hall–Kier alpha value is -4.38. The van der Waals surface area contributed by atoms with Crippen LogP contribution < -0.4 is 10.6 Å². The van der Waals surface area contributed by atoms with Crippen LogP contribution in [0.3, 0.4) is 0 Å². The molecular formula is C24H17F2N3O5S. The third-order valence-electron chi connectivity index (χ3n) is 4.77. The molecule has 4 aromatic rings. The van der Waals surface area contributed by atoms with Crippen LogP contribution in [0.25, 0.3) is 11.3 Å². The van der Waals surface area contributed by atoms with E-state index in [4.69, 9.17) is 9.15 Å². The van der Waals surface area contributed by atoms with Crippen LogP contribution in [0.5, 0.6) is 0 Å². The second-order valence-corrected chi connectivity index (χ2v) is 8.11. The number of ether oxygens (including phenoxy) is 1. The molecule has 0 aliphatic rings. The fraction of sp³-hybridized carbons (Fsp3) is 0.0833. The monoisotopic (exact) mass is 497 g/mol. The Bertz CT molecular complexity index is 1400. The number of nitrogens with zero attached hydrogens (tertiary/aromatic N) is 1. The quantitative estimate of drug-likeness (QED) is 0.346. The number of benzene rings is 2. The van der Waals surface area contributed by atoms with Gasteiger partial charge in [0.1, 0.15) is 0 Å². The number of hydrogen-bond donors (Lipinski definition) is 2. The van der Waals surface area contributed by atoms with Crippen molar-refractivity contribution in [3.8, 4) is 11.3 Å². The molecular weight excluding hydrogens is 480 g/mol. The highest BCUT2D eigenvalue weighted by Crippen LogP contribution is 2.26. The molecule has 0 saturated heterocycles. The van der Waals surface area contributed by atoms with Crippen molar-refractivity contribution in [1.29, 1.82) is 0 Å². The summed E-state index contributed by atoms with van der Waals surface area (Å²) in [5, 5.41) is 6.91. The lowest BCUT2D eigenvalue weighted by Gasteiger charge is -2.10. The zero-order valence-corrected chi connectivity index (χ0v) is 18.9. The number of carbonyl (C=O) groups excluding carboxylic acids is 3. The molecule has 0 fully saturated rings. The maximum Gasteiger partial charge on any atom is 0.338 e. The third-order valence-corrected chi connectivity index (χ3v) is 5.52. The Kier molecular flexibility index (Phi) is 6.97. The van der Waals surface area contributed by atoms with Gasteiger partial charge in [0.05, 0.1) is 17.5 Å². The molecule has 4 rings (SSSR count). The molecule has 0 spiro atoms. The molecule has 2 aromatic carbocycles. The molecule has 0 unspecified atom stereocenters. The van der Waals surface area contributed by atoms with Gasteiger partial charge in [-0.1, -0.05) is 6.07 Å². The first-order valence-corrected chi connectivity index (χ1v) is 11.0. The number of furan rings is 1. The van der Waals surface area contributed by atoms with Crippen molar-refractivity contribution in [2.75, 3.05) is 17.2 Å². The number of amides is 2. The molecule has 2 aromatic heterocycles. The Morgan fingerprint density at radius 3 is 2.63 bits per heavy atom. The second kappa shape index (κ2) is 10.3. The van der Waals surface area contributed by atoms with Gasteiger partial charge in [0.15, 0.2) is 29.1 Å². The van der Waals surface area contributed by atoms with Crippen molar-refractivity contribution in [3.63, 3.8) is 0 Å². The predicted octanol–water partition coefficient (Wildman–Crippen LogP) is 5.04. The number of aryl methyl sites for hydroxylation is 1. The Labute approximate surface area is 201 Å². The minimum Gasteiger partial charge on any atom is -0.459 e. The van der Waals surface area contributed by atoms with Crippen LogP contribution in [0.15, 0.2) is 64.6 Å². The molecule has 0 aliphatic carbocycles. The van der Waals surface area contributed by atoms with Crippen molar-refractivity contribution in [1.82, 2.24) is 4.98 Å². The van der Waals surface area contributed by atoms with Gasteiger partial charge < -0.3 is 14.5 Å². The van der Waals surface area contributed by atoms with Crippen molar-refractivity contribution in [2.45, 2.75) is 6.92 Å². The Balaban J connectivity index is 1.34. The van der Waals surface area contributed by atoms with Gasteiger partial charge in [-0.15, -0.1) is 11.3 Å². The number of aromatic nitrogens is 1. The average Bonchev–Trinajstić information content (AvgIpc) is 3.53. The van der Waals surface area contributed by atoms with Crippen LogP contribution >= 0.6 is 11.3 Å². The van der Waals surface area contributed by atoms with Crippen LogP contribution in [-0.4, -0.2) is 29.4 Å². The third kappa shape index (κ3) is 5.76. The number of carbonyl (C=O) groups is 3. The zero-order chi connectivity index (χ0) is 24.9. The second-order valence-electron chi connectivity index (χ2n) is 7.25. The van der Waals surface area contributed by atoms with E-state index in [2.05, 4.69) is 15.6 Å². The van der Waals surface area contributed by atoms with Gasteiger partial charge in [-0.25, -0.2) is 18.6 Å². The van der Waals surface area contributed by atoms with E-state index in [0.29, 0.717) is 22.5 Å². The zero-order valence-electron chi connectivity index (χ0n) is 18.1. The van der Waals surface area contributed by atoms with E-state index in [1.165, 1.54) is 30.5 Å². The highest BCUT2D eigenvalue weighted by molar-refractivity contribution is 7.14. The summed E-state index contributed by atoms with van der Waals surface area (Å²) in [7, 11) is 0. The first-order valence-electron chi connectivity index (χ1n) is 10.1. The highest BCUT2D eigenvalue weighted by Gasteiger charge is 2.16. The molecule has 11 heteroatoms. The first-order chi connectivity index (χ1) is 16.8. The minimum absolute atomic E-state index is 0.115. The fourth-order valence-electron chi connectivity index (χ4n) is 2.96. The molecule has 2 N–H and O–H groups in total. The summed E-state index contributed by atoms with van der Waals surface area (Å²) in [5.74, 6) is -3.75. The number of anilines is 2. The molecule has 8 nitrogen and oxygen atoms in total. The van der Waals surface area contributed by atoms with Crippen molar-refractivity contribution in [2.24, 2.45) is 0 Å². The summed E-state index contributed by atoms with van der Waals surface area (Å²) in [6.45, 7) is 1.17. The SMILES string of the molecule is Cc1ccc(C(=O)OCC(=O)Nc2nc(-c3ccc(F)c(F)c3)cs2)cc1NC(=O)c1ccco1. The molecule has 0 radical (unpaired) electrons. The van der Waals surface area contributed by atoms with Crippen molar-refractivity contribution >= 4 is 39.9 Å². The highest BCUT2D eigenvalue weighted by atomic mass is 32.1. The molecule has 0 bridgehead atoms. The lowest BCUT2D eigenvalue weighted by Crippen LogP contribution is -2.21. The predicted molar refractivity (Wildman–Crippen MR) is 124 cm³/mol. The minimum atomic E-state index is -1.01. The number of halogens is 2. The van der Waals surface area contributed by atoms with Crippen LogP contribution in [-0.2, 0) is 9.53 Å². The average molecular weight is 497 g/mol. The van der Waals surface area contributed by atoms with E-state index in [1.54, 1.807) is 24.4 Å². The van der Waals surface area contributed by atoms with Gasteiger partial charge in [-0.2, -0.15) is 0 Å². The molecule has 178 valence electrons. The van der Waals surface area contributed by atoms with E-state index in [0.717, 1.165) is 23.5 Å². The van der Waals surface area contributed by atoms with Gasteiger partial charge in [-0.05, 0) is 55.0 Å². The van der Waals surface area contributed by atoms with Gasteiger partial charge >= 0.3 is 5.97 Å². The Morgan fingerprint density at radius 1 is 1.06 bits per heavy atom. The lowest BCUT2D eigenvalue weighted by molar-refractivity contribution is -0.119. The van der Waals surface area contributed by atoms with Crippen molar-refractivity contribution in [3.05, 3.63) is 88.7 Å². The van der Waals surface area contributed by atoms with E-state index >= 15 is 0 Å².